The molecule has 1 heterocycles. The molecule has 2 aromatic rings. The minimum absolute atomic E-state index is 0.256. The molecule has 3 heteroatoms. The second-order valence-electron chi connectivity index (χ2n) is 9.02. The summed E-state index contributed by atoms with van der Waals surface area (Å²) in [5.74, 6) is 7.93. The van der Waals surface area contributed by atoms with E-state index in [9.17, 15) is 0 Å². The molecule has 0 N–H and O–H groups in total. The average Bonchev–Trinajstić information content (AvgIpc) is 2.86. The van der Waals surface area contributed by atoms with Crippen molar-refractivity contribution in [3.8, 4) is 17.6 Å². The Kier molecular flexibility index (Phi) is 11.4. The molecule has 33 heavy (non-hydrogen) atoms. The van der Waals surface area contributed by atoms with E-state index in [1.165, 1.54) is 51.4 Å². The third-order valence-corrected chi connectivity index (χ3v) is 6.09. The topological polar surface area (TPSA) is 27.7 Å². The zero-order chi connectivity index (χ0) is 23.1. The van der Waals surface area contributed by atoms with Crippen molar-refractivity contribution in [1.29, 1.82) is 0 Å². The van der Waals surface area contributed by atoms with Crippen LogP contribution in [0.25, 0.3) is 0 Å². The number of unbranched alkanes of at least 4 members (excludes halogenated alkanes) is 6. The molecular weight excluding hydrogens is 408 g/mol. The molecule has 3 rings (SSSR count). The first-order chi connectivity index (χ1) is 16.3. The first kappa shape index (κ1) is 25.3. The second-order valence-corrected chi connectivity index (χ2v) is 9.02. The Morgan fingerprint density at radius 3 is 1.94 bits per heavy atom. The minimum Gasteiger partial charge on any atom is -0.494 e. The molecule has 0 atom stereocenters. The molecule has 0 bridgehead atoms. The smallest absolute Gasteiger partial charge is 0.183 e. The van der Waals surface area contributed by atoms with Gasteiger partial charge in [-0.1, -0.05) is 82.8 Å². The molecule has 0 saturated carbocycles. The Hall–Kier alpha value is -2.28. The van der Waals surface area contributed by atoms with E-state index in [4.69, 9.17) is 14.2 Å². The summed E-state index contributed by atoms with van der Waals surface area (Å²) in [6.07, 6.45) is 11.0. The van der Waals surface area contributed by atoms with Crippen molar-refractivity contribution >= 4 is 0 Å². The van der Waals surface area contributed by atoms with Gasteiger partial charge < -0.3 is 14.2 Å². The first-order valence-corrected chi connectivity index (χ1v) is 12.9. The molecule has 0 unspecified atom stereocenters. The van der Waals surface area contributed by atoms with Gasteiger partial charge in [-0.25, -0.2) is 0 Å². The summed E-state index contributed by atoms with van der Waals surface area (Å²) in [7, 11) is 0. The highest BCUT2D eigenvalue weighted by atomic mass is 16.7. The van der Waals surface area contributed by atoms with Gasteiger partial charge in [0.1, 0.15) is 5.75 Å². The van der Waals surface area contributed by atoms with Gasteiger partial charge >= 0.3 is 0 Å². The van der Waals surface area contributed by atoms with Gasteiger partial charge in [-0.3, -0.25) is 0 Å². The molecule has 1 fully saturated rings. The van der Waals surface area contributed by atoms with Crippen LogP contribution in [0.4, 0.5) is 0 Å². The largest absolute Gasteiger partial charge is 0.494 e. The molecule has 0 spiro atoms. The molecular formula is C30H40O3. The third-order valence-electron chi connectivity index (χ3n) is 6.09. The molecule has 0 amide bonds. The third kappa shape index (κ3) is 9.24. The van der Waals surface area contributed by atoms with Gasteiger partial charge in [0.25, 0.3) is 0 Å². The van der Waals surface area contributed by atoms with Crippen molar-refractivity contribution in [2.24, 2.45) is 5.92 Å². The summed E-state index contributed by atoms with van der Waals surface area (Å²) in [5, 5.41) is 0. The summed E-state index contributed by atoms with van der Waals surface area (Å²) >= 11 is 0. The van der Waals surface area contributed by atoms with Crippen LogP contribution in [0.3, 0.4) is 0 Å². The van der Waals surface area contributed by atoms with Crippen LogP contribution in [0, 0.1) is 17.8 Å². The van der Waals surface area contributed by atoms with Crippen LogP contribution in [0.2, 0.25) is 0 Å². The average molecular weight is 449 g/mol. The van der Waals surface area contributed by atoms with E-state index in [2.05, 4.69) is 37.8 Å². The Bertz CT molecular complexity index is 837. The van der Waals surface area contributed by atoms with Gasteiger partial charge in [-0.15, -0.1) is 0 Å². The lowest BCUT2D eigenvalue weighted by Gasteiger charge is -2.29. The molecule has 1 aliphatic heterocycles. The predicted molar refractivity (Wildman–Crippen MR) is 135 cm³/mol. The number of hydrogen-bond acceptors (Lipinski definition) is 3. The van der Waals surface area contributed by atoms with Crippen LogP contribution in [-0.4, -0.2) is 19.8 Å². The standard InChI is InChI=1S/C30H40O3/c1-3-5-7-8-10-22-31-29-20-16-26(17-21-29)13-12-25-14-18-28(19-15-25)30-32-23-27(24-33-30)11-9-6-4-2/h14-21,27,30H,3-11,22-24H2,1-2H3. The van der Waals surface area contributed by atoms with Crippen molar-refractivity contribution in [1.82, 2.24) is 0 Å². The molecule has 1 aliphatic rings. The van der Waals surface area contributed by atoms with E-state index < -0.39 is 0 Å². The van der Waals surface area contributed by atoms with Gasteiger partial charge in [-0.2, -0.15) is 0 Å². The van der Waals surface area contributed by atoms with Crippen molar-refractivity contribution in [2.45, 2.75) is 77.9 Å². The van der Waals surface area contributed by atoms with Crippen LogP contribution < -0.4 is 4.74 Å². The highest BCUT2D eigenvalue weighted by Crippen LogP contribution is 2.27. The van der Waals surface area contributed by atoms with Gasteiger partial charge in [-0.05, 0) is 49.2 Å². The molecule has 1 saturated heterocycles. The van der Waals surface area contributed by atoms with E-state index in [0.717, 1.165) is 48.7 Å². The molecule has 0 aliphatic carbocycles. The highest BCUT2D eigenvalue weighted by molar-refractivity contribution is 5.44. The summed E-state index contributed by atoms with van der Waals surface area (Å²) in [6.45, 7) is 6.83. The quantitative estimate of drug-likeness (QED) is 0.246. The fraction of sp³-hybridized carbons (Fsp3) is 0.533. The lowest BCUT2D eigenvalue weighted by atomic mass is 10.0. The van der Waals surface area contributed by atoms with Crippen LogP contribution in [0.5, 0.6) is 5.75 Å². The van der Waals surface area contributed by atoms with Crippen LogP contribution >= 0.6 is 0 Å². The van der Waals surface area contributed by atoms with Gasteiger partial charge in [0.2, 0.25) is 0 Å². The molecule has 178 valence electrons. The van der Waals surface area contributed by atoms with Crippen molar-refractivity contribution in [2.75, 3.05) is 19.8 Å². The predicted octanol–water partition coefficient (Wildman–Crippen LogP) is 7.68. The SMILES string of the molecule is CCCCCCCOc1ccc(C#Cc2ccc(C3OCC(CCCCC)CO3)cc2)cc1. The molecule has 0 radical (unpaired) electrons. The summed E-state index contributed by atoms with van der Waals surface area (Å²) < 4.78 is 17.8. The second kappa shape index (κ2) is 14.8. The number of ether oxygens (including phenoxy) is 3. The van der Waals surface area contributed by atoms with Crippen LogP contribution in [-0.2, 0) is 9.47 Å². The highest BCUT2D eigenvalue weighted by Gasteiger charge is 2.23. The van der Waals surface area contributed by atoms with E-state index in [1.807, 2.05) is 36.4 Å². The minimum atomic E-state index is -0.256. The Morgan fingerprint density at radius 1 is 0.727 bits per heavy atom. The summed E-state index contributed by atoms with van der Waals surface area (Å²) in [6, 6.07) is 16.3. The van der Waals surface area contributed by atoms with E-state index >= 15 is 0 Å². The number of benzene rings is 2. The number of rotatable bonds is 12. The fourth-order valence-corrected chi connectivity index (χ4v) is 3.98. The normalized spacial score (nSPS) is 17.9. The summed E-state index contributed by atoms with van der Waals surface area (Å²) in [5.41, 5.74) is 3.03. The summed E-state index contributed by atoms with van der Waals surface area (Å²) in [4.78, 5) is 0. The fourth-order valence-electron chi connectivity index (χ4n) is 3.98. The maximum atomic E-state index is 5.97. The van der Waals surface area contributed by atoms with Crippen molar-refractivity contribution < 1.29 is 14.2 Å². The Balaban J connectivity index is 1.42. The zero-order valence-corrected chi connectivity index (χ0v) is 20.5. The van der Waals surface area contributed by atoms with Crippen LogP contribution in [0.1, 0.15) is 94.6 Å². The Morgan fingerprint density at radius 2 is 1.30 bits per heavy atom. The maximum absolute atomic E-state index is 5.97. The van der Waals surface area contributed by atoms with E-state index in [-0.39, 0.29) is 6.29 Å². The van der Waals surface area contributed by atoms with Gasteiger partial charge in [0.05, 0.1) is 19.8 Å². The van der Waals surface area contributed by atoms with Crippen molar-refractivity contribution in [3.05, 3.63) is 65.2 Å². The van der Waals surface area contributed by atoms with Gasteiger partial charge in [0, 0.05) is 22.6 Å². The lowest BCUT2D eigenvalue weighted by molar-refractivity contribution is -0.206. The molecule has 3 nitrogen and oxygen atoms in total. The molecule has 2 aromatic carbocycles. The Labute approximate surface area is 200 Å². The monoisotopic (exact) mass is 448 g/mol. The maximum Gasteiger partial charge on any atom is 0.183 e. The number of hydrogen-bond donors (Lipinski definition) is 0. The van der Waals surface area contributed by atoms with Crippen molar-refractivity contribution in [3.63, 3.8) is 0 Å². The first-order valence-electron chi connectivity index (χ1n) is 12.9. The van der Waals surface area contributed by atoms with E-state index in [1.54, 1.807) is 0 Å². The zero-order valence-electron chi connectivity index (χ0n) is 20.5. The van der Waals surface area contributed by atoms with E-state index in [0.29, 0.717) is 5.92 Å². The molecule has 0 aromatic heterocycles. The lowest BCUT2D eigenvalue weighted by Crippen LogP contribution is -2.27. The van der Waals surface area contributed by atoms with Crippen LogP contribution in [0.15, 0.2) is 48.5 Å². The van der Waals surface area contributed by atoms with Gasteiger partial charge in [0.15, 0.2) is 6.29 Å².